The molecule has 21 heavy (non-hydrogen) atoms. The average Bonchev–Trinajstić information content (AvgIpc) is 2.91. The number of hydrogen-bond donors (Lipinski definition) is 3. The van der Waals surface area contributed by atoms with Crippen molar-refractivity contribution < 1.29 is 14.7 Å². The Hall–Kier alpha value is -2.67. The van der Waals surface area contributed by atoms with Crippen molar-refractivity contribution in [1.29, 1.82) is 0 Å². The largest absolute Gasteiger partial charge is 0.481 e. The summed E-state index contributed by atoms with van der Waals surface area (Å²) in [6.45, 7) is 0.581. The van der Waals surface area contributed by atoms with E-state index in [2.05, 4.69) is 10.4 Å². The van der Waals surface area contributed by atoms with Gasteiger partial charge >= 0.3 is 5.97 Å². The molecule has 1 heterocycles. The Morgan fingerprint density at radius 3 is 2.86 bits per heavy atom. The van der Waals surface area contributed by atoms with Gasteiger partial charge in [0.25, 0.3) is 0 Å². The van der Waals surface area contributed by atoms with Gasteiger partial charge in [-0.2, -0.15) is 5.10 Å². The number of carboxylic acid groups (broad SMARTS) is 1. The van der Waals surface area contributed by atoms with Gasteiger partial charge < -0.3 is 16.2 Å². The molecule has 1 unspecified atom stereocenters. The standard InChI is InChI=1S/C14H16N4O3/c15-12(8-13(19)20)14(21)17-11-4-1-3-10(7-11)9-18-6-2-5-16-18/h1-7,12H,8-9,15H2,(H,17,21)(H,19,20). The number of anilines is 1. The Bertz CT molecular complexity index is 625. The number of carboxylic acids is 1. The van der Waals surface area contributed by atoms with Crippen molar-refractivity contribution in [3.05, 3.63) is 48.3 Å². The van der Waals surface area contributed by atoms with Gasteiger partial charge in [0.1, 0.15) is 0 Å². The van der Waals surface area contributed by atoms with Gasteiger partial charge in [-0.25, -0.2) is 0 Å². The lowest BCUT2D eigenvalue weighted by Gasteiger charge is -2.11. The van der Waals surface area contributed by atoms with Gasteiger partial charge in [-0.1, -0.05) is 12.1 Å². The predicted octanol–water partition coefficient (Wildman–Crippen LogP) is 0.672. The molecule has 1 aromatic heterocycles. The number of carbonyl (C=O) groups is 2. The highest BCUT2D eigenvalue weighted by Gasteiger charge is 2.17. The van der Waals surface area contributed by atoms with Crippen LogP contribution in [0, 0.1) is 0 Å². The molecule has 0 aliphatic carbocycles. The lowest BCUT2D eigenvalue weighted by molar-refractivity contribution is -0.138. The van der Waals surface area contributed by atoms with Crippen LogP contribution in [-0.2, 0) is 16.1 Å². The smallest absolute Gasteiger partial charge is 0.305 e. The van der Waals surface area contributed by atoms with Crippen molar-refractivity contribution in [2.45, 2.75) is 19.0 Å². The molecule has 1 amide bonds. The lowest BCUT2D eigenvalue weighted by Crippen LogP contribution is -2.37. The van der Waals surface area contributed by atoms with E-state index in [1.807, 2.05) is 18.3 Å². The van der Waals surface area contributed by atoms with E-state index in [0.717, 1.165) is 5.56 Å². The second-order valence-electron chi connectivity index (χ2n) is 4.60. The third kappa shape index (κ3) is 4.43. The molecule has 7 nitrogen and oxygen atoms in total. The van der Waals surface area contributed by atoms with Gasteiger partial charge in [0, 0.05) is 18.1 Å². The molecule has 1 aromatic carbocycles. The summed E-state index contributed by atoms with van der Waals surface area (Å²) < 4.78 is 1.76. The molecule has 2 rings (SSSR count). The molecule has 0 aliphatic rings. The van der Waals surface area contributed by atoms with Crippen LogP contribution in [0.4, 0.5) is 5.69 Å². The molecule has 7 heteroatoms. The summed E-state index contributed by atoms with van der Waals surface area (Å²) in [7, 11) is 0. The van der Waals surface area contributed by atoms with Crippen LogP contribution in [0.2, 0.25) is 0 Å². The minimum Gasteiger partial charge on any atom is -0.481 e. The van der Waals surface area contributed by atoms with Crippen molar-refractivity contribution in [2.75, 3.05) is 5.32 Å². The molecule has 0 bridgehead atoms. The summed E-state index contributed by atoms with van der Waals surface area (Å²) in [6, 6.07) is 7.99. The van der Waals surface area contributed by atoms with Gasteiger partial charge in [0.15, 0.2) is 0 Å². The van der Waals surface area contributed by atoms with Gasteiger partial charge in [-0.3, -0.25) is 14.3 Å². The topological polar surface area (TPSA) is 110 Å². The van der Waals surface area contributed by atoms with E-state index in [1.165, 1.54) is 0 Å². The van der Waals surface area contributed by atoms with E-state index >= 15 is 0 Å². The van der Waals surface area contributed by atoms with Crippen molar-refractivity contribution >= 4 is 17.6 Å². The maximum atomic E-state index is 11.8. The van der Waals surface area contributed by atoms with Gasteiger partial charge in [-0.15, -0.1) is 0 Å². The van der Waals surface area contributed by atoms with Crippen molar-refractivity contribution in [2.24, 2.45) is 5.73 Å². The van der Waals surface area contributed by atoms with E-state index in [0.29, 0.717) is 12.2 Å². The van der Waals surface area contributed by atoms with E-state index in [-0.39, 0.29) is 0 Å². The predicted molar refractivity (Wildman–Crippen MR) is 76.6 cm³/mol. The molecule has 110 valence electrons. The SMILES string of the molecule is NC(CC(=O)O)C(=O)Nc1cccc(Cn2cccn2)c1. The maximum Gasteiger partial charge on any atom is 0.305 e. The first-order chi connectivity index (χ1) is 10.0. The number of aromatic nitrogens is 2. The highest BCUT2D eigenvalue weighted by Crippen LogP contribution is 2.12. The molecular formula is C14H16N4O3. The van der Waals surface area contributed by atoms with Crippen LogP contribution in [0.5, 0.6) is 0 Å². The van der Waals surface area contributed by atoms with Crippen molar-refractivity contribution in [3.8, 4) is 0 Å². The fourth-order valence-electron chi connectivity index (χ4n) is 1.84. The van der Waals surface area contributed by atoms with E-state index < -0.39 is 24.3 Å². The zero-order chi connectivity index (χ0) is 15.2. The highest BCUT2D eigenvalue weighted by molar-refractivity contribution is 5.96. The first-order valence-electron chi connectivity index (χ1n) is 6.39. The average molecular weight is 288 g/mol. The van der Waals surface area contributed by atoms with Crippen molar-refractivity contribution in [1.82, 2.24) is 9.78 Å². The van der Waals surface area contributed by atoms with Gasteiger partial charge in [0.2, 0.25) is 5.91 Å². The third-order valence-corrected chi connectivity index (χ3v) is 2.83. The summed E-state index contributed by atoms with van der Waals surface area (Å²) in [5.74, 6) is -1.63. The molecule has 0 spiro atoms. The Balaban J connectivity index is 2.00. The van der Waals surface area contributed by atoms with Crippen LogP contribution in [0.25, 0.3) is 0 Å². The summed E-state index contributed by atoms with van der Waals surface area (Å²) >= 11 is 0. The molecule has 4 N–H and O–H groups in total. The van der Waals surface area contributed by atoms with Crippen LogP contribution in [-0.4, -0.2) is 32.8 Å². The summed E-state index contributed by atoms with van der Waals surface area (Å²) in [5, 5.41) is 15.3. The minimum absolute atomic E-state index is 0.404. The normalized spacial score (nSPS) is 11.9. The van der Waals surface area contributed by atoms with Crippen LogP contribution in [0.1, 0.15) is 12.0 Å². The van der Waals surface area contributed by atoms with E-state index in [9.17, 15) is 9.59 Å². The summed E-state index contributed by atoms with van der Waals surface area (Å²) in [4.78, 5) is 22.3. The number of nitrogens with zero attached hydrogens (tertiary/aromatic N) is 2. The number of nitrogens with one attached hydrogen (secondary N) is 1. The highest BCUT2D eigenvalue weighted by atomic mass is 16.4. The number of amides is 1. The fraction of sp³-hybridized carbons (Fsp3) is 0.214. The van der Waals surface area contributed by atoms with Gasteiger partial charge in [0.05, 0.1) is 19.0 Å². The fourth-order valence-corrected chi connectivity index (χ4v) is 1.84. The molecule has 0 aliphatic heterocycles. The maximum absolute atomic E-state index is 11.8. The molecule has 1 atom stereocenters. The number of hydrogen-bond acceptors (Lipinski definition) is 4. The Labute approximate surface area is 121 Å². The van der Waals surface area contributed by atoms with Gasteiger partial charge in [-0.05, 0) is 23.8 Å². The number of nitrogens with two attached hydrogens (primary N) is 1. The summed E-state index contributed by atoms with van der Waals surface area (Å²) in [5.41, 5.74) is 7.04. The van der Waals surface area contributed by atoms with Crippen LogP contribution in [0.3, 0.4) is 0 Å². The lowest BCUT2D eigenvalue weighted by atomic mass is 10.1. The minimum atomic E-state index is -1.11. The molecular weight excluding hydrogens is 272 g/mol. The second kappa shape index (κ2) is 6.67. The molecule has 0 radical (unpaired) electrons. The number of benzene rings is 1. The summed E-state index contributed by atoms with van der Waals surface area (Å²) in [6.07, 6.45) is 3.13. The second-order valence-corrected chi connectivity index (χ2v) is 4.60. The number of aliphatic carboxylic acids is 1. The van der Waals surface area contributed by atoms with Crippen LogP contribution < -0.4 is 11.1 Å². The number of rotatable bonds is 6. The van der Waals surface area contributed by atoms with E-state index in [1.54, 1.807) is 29.1 Å². The Morgan fingerprint density at radius 1 is 1.38 bits per heavy atom. The first-order valence-corrected chi connectivity index (χ1v) is 6.39. The Morgan fingerprint density at radius 2 is 2.19 bits per heavy atom. The van der Waals surface area contributed by atoms with Crippen LogP contribution >= 0.6 is 0 Å². The molecule has 0 saturated heterocycles. The molecule has 0 saturated carbocycles. The number of carbonyl (C=O) groups excluding carboxylic acids is 1. The monoisotopic (exact) mass is 288 g/mol. The quantitative estimate of drug-likeness (QED) is 0.723. The zero-order valence-electron chi connectivity index (χ0n) is 11.3. The zero-order valence-corrected chi connectivity index (χ0v) is 11.3. The van der Waals surface area contributed by atoms with E-state index in [4.69, 9.17) is 10.8 Å². The molecule has 0 fully saturated rings. The van der Waals surface area contributed by atoms with Crippen LogP contribution in [0.15, 0.2) is 42.7 Å². The third-order valence-electron chi connectivity index (χ3n) is 2.83. The Kier molecular flexibility index (Phi) is 4.68. The first kappa shape index (κ1) is 14.7. The van der Waals surface area contributed by atoms with Crippen molar-refractivity contribution in [3.63, 3.8) is 0 Å². The molecule has 2 aromatic rings.